The van der Waals surface area contributed by atoms with Crippen LogP contribution >= 0.6 is 22.9 Å². The number of aryl methyl sites for hydroxylation is 1. The third-order valence-electron chi connectivity index (χ3n) is 5.11. The normalized spacial score (nSPS) is 17.4. The zero-order valence-electron chi connectivity index (χ0n) is 16.8. The zero-order chi connectivity index (χ0) is 22.0. The Kier molecular flexibility index (Phi) is 6.38. The quantitative estimate of drug-likeness (QED) is 0.592. The van der Waals surface area contributed by atoms with Crippen LogP contribution < -0.4 is 5.32 Å². The van der Waals surface area contributed by atoms with E-state index in [0.29, 0.717) is 28.8 Å². The van der Waals surface area contributed by atoms with Crippen molar-refractivity contribution in [1.29, 1.82) is 0 Å². The summed E-state index contributed by atoms with van der Waals surface area (Å²) < 4.78 is 27.6. The van der Waals surface area contributed by atoms with Gasteiger partial charge < -0.3 is 5.32 Å². The number of aromatic nitrogens is 2. The van der Waals surface area contributed by atoms with Crippen molar-refractivity contribution in [2.45, 2.75) is 30.6 Å². The molecule has 1 aliphatic heterocycles. The Hall–Kier alpha value is -2.33. The molecule has 0 aliphatic carbocycles. The number of carbonyl (C=O) groups excluding carboxylic acids is 1. The lowest BCUT2D eigenvalue weighted by Gasteiger charge is -2.30. The Morgan fingerprint density at radius 1 is 1.19 bits per heavy atom. The number of nitrogens with zero attached hydrogens (tertiary/aromatic N) is 3. The highest BCUT2D eigenvalue weighted by atomic mass is 35.5. The van der Waals surface area contributed by atoms with Gasteiger partial charge in [0.2, 0.25) is 15.0 Å². The molecule has 0 saturated carbocycles. The number of carbonyl (C=O) groups is 1. The molecule has 0 unspecified atom stereocenters. The number of anilines is 1. The van der Waals surface area contributed by atoms with E-state index in [4.69, 9.17) is 11.6 Å². The molecule has 10 heteroatoms. The first-order valence-corrected chi connectivity index (χ1v) is 12.4. The van der Waals surface area contributed by atoms with Crippen LogP contribution in [0.2, 0.25) is 5.02 Å². The van der Waals surface area contributed by atoms with Crippen molar-refractivity contribution in [2.75, 3.05) is 18.4 Å². The predicted octanol–water partition coefficient (Wildman–Crippen LogP) is 4.32. The second kappa shape index (κ2) is 9.04. The molecule has 3 aromatic rings. The van der Waals surface area contributed by atoms with Gasteiger partial charge in [-0.2, -0.15) is 4.31 Å². The molecule has 0 spiro atoms. The minimum atomic E-state index is -3.58. The Morgan fingerprint density at radius 2 is 1.97 bits per heavy atom. The molecule has 1 aromatic heterocycles. The van der Waals surface area contributed by atoms with Gasteiger partial charge >= 0.3 is 0 Å². The smallest absolute Gasteiger partial charge is 0.286 e. The fourth-order valence-corrected chi connectivity index (χ4v) is 6.04. The Balaban J connectivity index is 1.47. The minimum Gasteiger partial charge on any atom is -0.320 e. The van der Waals surface area contributed by atoms with Crippen LogP contribution in [0.5, 0.6) is 0 Å². The van der Waals surface area contributed by atoms with E-state index in [-0.39, 0.29) is 21.7 Å². The van der Waals surface area contributed by atoms with Gasteiger partial charge in [0.25, 0.3) is 5.91 Å². The predicted molar refractivity (Wildman–Crippen MR) is 121 cm³/mol. The molecule has 2 heterocycles. The maximum absolute atomic E-state index is 13.0. The highest BCUT2D eigenvalue weighted by Gasteiger charge is 2.32. The van der Waals surface area contributed by atoms with Crippen molar-refractivity contribution in [1.82, 2.24) is 14.5 Å². The molecule has 4 rings (SSSR count). The van der Waals surface area contributed by atoms with E-state index in [0.717, 1.165) is 18.4 Å². The molecule has 31 heavy (non-hydrogen) atoms. The van der Waals surface area contributed by atoms with Gasteiger partial charge in [0.05, 0.1) is 4.90 Å². The first-order valence-electron chi connectivity index (χ1n) is 9.80. The number of sulfonamides is 1. The van der Waals surface area contributed by atoms with Gasteiger partial charge in [-0.15, -0.1) is 10.2 Å². The second-order valence-corrected chi connectivity index (χ2v) is 10.8. The largest absolute Gasteiger partial charge is 0.320 e. The van der Waals surface area contributed by atoms with Gasteiger partial charge in [-0.25, -0.2) is 8.42 Å². The molecule has 7 nitrogen and oxygen atoms in total. The van der Waals surface area contributed by atoms with E-state index in [9.17, 15) is 13.2 Å². The summed E-state index contributed by atoms with van der Waals surface area (Å²) in [6.07, 6.45) is 1.52. The lowest BCUT2D eigenvalue weighted by Crippen LogP contribution is -2.39. The van der Waals surface area contributed by atoms with Crippen LogP contribution in [0.25, 0.3) is 0 Å². The highest BCUT2D eigenvalue weighted by molar-refractivity contribution is 7.89. The SMILES string of the molecule is Cc1ccc(S(=O)(=O)N2CCC[C@H](c3nnc(C(=O)Nc4cccc(Cl)c4)s3)C2)cc1. The molecule has 1 fully saturated rings. The van der Waals surface area contributed by atoms with Crippen LogP contribution in [-0.4, -0.2) is 41.9 Å². The first-order chi connectivity index (χ1) is 14.8. The van der Waals surface area contributed by atoms with Gasteiger partial charge in [0.15, 0.2) is 0 Å². The number of halogens is 1. The summed E-state index contributed by atoms with van der Waals surface area (Å²) in [4.78, 5) is 12.8. The van der Waals surface area contributed by atoms with Gasteiger partial charge in [-0.05, 0) is 50.1 Å². The van der Waals surface area contributed by atoms with Crippen LogP contribution in [0.3, 0.4) is 0 Å². The summed E-state index contributed by atoms with van der Waals surface area (Å²) in [7, 11) is -3.58. The monoisotopic (exact) mass is 476 g/mol. The van der Waals surface area contributed by atoms with E-state index in [1.165, 1.54) is 15.6 Å². The number of nitrogens with one attached hydrogen (secondary N) is 1. The average molecular weight is 477 g/mol. The first kappa shape index (κ1) is 21.9. The molecule has 0 radical (unpaired) electrons. The molecule has 1 saturated heterocycles. The minimum absolute atomic E-state index is 0.0980. The van der Waals surface area contributed by atoms with Crippen LogP contribution in [0.15, 0.2) is 53.4 Å². The molecule has 162 valence electrons. The lowest BCUT2D eigenvalue weighted by atomic mass is 10.0. The van der Waals surface area contributed by atoms with Gasteiger partial charge in [-0.1, -0.05) is 46.7 Å². The molecule has 1 N–H and O–H groups in total. The summed E-state index contributed by atoms with van der Waals surface area (Å²) in [5.74, 6) is -0.467. The van der Waals surface area contributed by atoms with Gasteiger partial charge in [-0.3, -0.25) is 4.79 Å². The third-order valence-corrected chi connectivity index (χ3v) is 8.31. The van der Waals surface area contributed by atoms with Crippen molar-refractivity contribution in [3.05, 3.63) is 69.1 Å². The van der Waals surface area contributed by atoms with Crippen molar-refractivity contribution in [3.63, 3.8) is 0 Å². The number of benzene rings is 2. The van der Waals surface area contributed by atoms with Crippen molar-refractivity contribution >= 4 is 44.6 Å². The molecule has 1 atom stereocenters. The van der Waals surface area contributed by atoms with E-state index in [2.05, 4.69) is 15.5 Å². The van der Waals surface area contributed by atoms with E-state index in [1.807, 2.05) is 6.92 Å². The standard InChI is InChI=1S/C21H21ClN4O3S2/c1-14-7-9-18(10-8-14)31(28,29)26-11-3-4-15(13-26)20-24-25-21(30-20)19(27)23-17-6-2-5-16(22)12-17/h2,5-10,12,15H,3-4,11,13H2,1H3,(H,23,27)/t15-/m0/s1. The molecule has 1 aliphatic rings. The number of hydrogen-bond donors (Lipinski definition) is 1. The average Bonchev–Trinajstić information content (AvgIpc) is 3.25. The Morgan fingerprint density at radius 3 is 2.71 bits per heavy atom. The lowest BCUT2D eigenvalue weighted by molar-refractivity contribution is 0.102. The van der Waals surface area contributed by atoms with Crippen LogP contribution in [0.4, 0.5) is 5.69 Å². The van der Waals surface area contributed by atoms with E-state index in [1.54, 1.807) is 48.5 Å². The number of amides is 1. The Labute approximate surface area is 190 Å². The summed E-state index contributed by atoms with van der Waals surface area (Å²) in [5.41, 5.74) is 1.58. The van der Waals surface area contributed by atoms with Crippen LogP contribution in [-0.2, 0) is 10.0 Å². The summed E-state index contributed by atoms with van der Waals surface area (Å²) in [6.45, 7) is 2.71. The van der Waals surface area contributed by atoms with E-state index >= 15 is 0 Å². The van der Waals surface area contributed by atoms with Gasteiger partial charge in [0.1, 0.15) is 5.01 Å². The molecule has 1 amide bonds. The van der Waals surface area contributed by atoms with Crippen LogP contribution in [0.1, 0.15) is 39.1 Å². The summed E-state index contributed by atoms with van der Waals surface area (Å²) >= 11 is 7.14. The number of hydrogen-bond acceptors (Lipinski definition) is 6. The maximum atomic E-state index is 13.0. The topological polar surface area (TPSA) is 92.3 Å². The Bertz CT molecular complexity index is 1200. The fourth-order valence-electron chi connectivity index (χ4n) is 3.46. The maximum Gasteiger partial charge on any atom is 0.286 e. The van der Waals surface area contributed by atoms with Crippen LogP contribution in [0, 0.1) is 6.92 Å². The summed E-state index contributed by atoms with van der Waals surface area (Å²) in [5, 5.41) is 12.4. The van der Waals surface area contributed by atoms with E-state index < -0.39 is 10.0 Å². The summed E-state index contributed by atoms with van der Waals surface area (Å²) in [6, 6.07) is 13.7. The number of rotatable bonds is 5. The molecule has 0 bridgehead atoms. The van der Waals surface area contributed by atoms with Crippen molar-refractivity contribution < 1.29 is 13.2 Å². The van der Waals surface area contributed by atoms with Gasteiger partial charge in [0, 0.05) is 29.7 Å². The molecular weight excluding hydrogens is 456 g/mol. The van der Waals surface area contributed by atoms with Crippen molar-refractivity contribution in [3.8, 4) is 0 Å². The van der Waals surface area contributed by atoms with Crippen molar-refractivity contribution in [2.24, 2.45) is 0 Å². The molecule has 2 aromatic carbocycles. The third kappa shape index (κ3) is 4.95. The molecular formula is C21H21ClN4O3S2. The highest BCUT2D eigenvalue weighted by Crippen LogP contribution is 2.32. The fraction of sp³-hybridized carbons (Fsp3) is 0.286. The second-order valence-electron chi connectivity index (χ2n) is 7.43. The number of piperidine rings is 1. The zero-order valence-corrected chi connectivity index (χ0v) is 19.2.